The monoisotopic (exact) mass is 385 g/mol. The van der Waals surface area contributed by atoms with Crippen molar-refractivity contribution in [2.75, 3.05) is 13.7 Å². The quantitative estimate of drug-likeness (QED) is 0.672. The summed E-state index contributed by atoms with van der Waals surface area (Å²) in [4.78, 5) is 23.4. The molecule has 1 aromatic heterocycles. The molecule has 1 amide bonds. The van der Waals surface area contributed by atoms with Crippen LogP contribution in [0.1, 0.15) is 11.1 Å². The number of ether oxygens (including phenoxy) is 3. The van der Waals surface area contributed by atoms with Crippen LogP contribution in [0.2, 0.25) is 0 Å². The van der Waals surface area contributed by atoms with E-state index < -0.39 is 25.1 Å². The molecule has 0 atom stereocenters. The Bertz CT molecular complexity index is 737. The van der Waals surface area contributed by atoms with E-state index in [0.717, 1.165) is 5.56 Å². The van der Waals surface area contributed by atoms with E-state index in [1.165, 1.54) is 36.6 Å². The van der Waals surface area contributed by atoms with Gasteiger partial charge in [0.15, 0.2) is 18.1 Å². The van der Waals surface area contributed by atoms with Crippen molar-refractivity contribution in [3.05, 3.63) is 46.2 Å². The molecule has 0 unspecified atom stereocenters. The first-order valence-corrected chi connectivity index (χ1v) is 8.47. The molecule has 0 aliphatic carbocycles. The number of carbonyl (C=O) groups excluding carboxylic acids is 2. The number of hydrogen-bond donors (Lipinski definition) is 1. The highest BCUT2D eigenvalue weighted by Crippen LogP contribution is 2.29. The van der Waals surface area contributed by atoms with Crippen LogP contribution in [0.25, 0.3) is 0 Å². The van der Waals surface area contributed by atoms with Crippen LogP contribution in [0.15, 0.2) is 35.0 Å². The molecule has 0 aliphatic heterocycles. The Morgan fingerprint density at radius 2 is 2.00 bits per heavy atom. The summed E-state index contributed by atoms with van der Waals surface area (Å²) in [6.45, 7) is -3.24. The molecule has 9 heteroatoms. The first-order chi connectivity index (χ1) is 12.5. The third kappa shape index (κ3) is 6.32. The van der Waals surface area contributed by atoms with Crippen LogP contribution in [0.4, 0.5) is 8.78 Å². The van der Waals surface area contributed by atoms with Gasteiger partial charge in [-0.1, -0.05) is 6.07 Å². The molecule has 1 N–H and O–H groups in total. The van der Waals surface area contributed by atoms with E-state index in [2.05, 4.69) is 10.1 Å². The second-order valence-electron chi connectivity index (χ2n) is 5.11. The molecule has 0 radical (unpaired) electrons. The summed E-state index contributed by atoms with van der Waals surface area (Å²) in [5.74, 6) is -0.941. The molecular formula is C17H17F2NO5S. The van der Waals surface area contributed by atoms with Gasteiger partial charge in [-0.3, -0.25) is 9.59 Å². The number of carbonyl (C=O) groups is 2. The van der Waals surface area contributed by atoms with Gasteiger partial charge >= 0.3 is 12.6 Å². The summed E-state index contributed by atoms with van der Waals surface area (Å²) in [7, 11) is 1.32. The van der Waals surface area contributed by atoms with Crippen molar-refractivity contribution in [3.8, 4) is 11.5 Å². The average molecular weight is 385 g/mol. The molecule has 26 heavy (non-hydrogen) atoms. The van der Waals surface area contributed by atoms with Crippen LogP contribution < -0.4 is 14.8 Å². The van der Waals surface area contributed by atoms with E-state index in [1.807, 2.05) is 10.8 Å². The summed E-state index contributed by atoms with van der Waals surface area (Å²) < 4.78 is 38.8. The van der Waals surface area contributed by atoms with E-state index in [4.69, 9.17) is 9.47 Å². The highest BCUT2D eigenvalue weighted by molar-refractivity contribution is 7.07. The van der Waals surface area contributed by atoms with Gasteiger partial charge in [-0.05, 0) is 40.1 Å². The van der Waals surface area contributed by atoms with Crippen molar-refractivity contribution in [2.45, 2.75) is 19.6 Å². The van der Waals surface area contributed by atoms with Gasteiger partial charge in [-0.15, -0.1) is 0 Å². The number of amides is 1. The molecule has 140 valence electrons. The normalized spacial score (nSPS) is 10.5. The highest BCUT2D eigenvalue weighted by atomic mass is 32.1. The number of benzene rings is 1. The van der Waals surface area contributed by atoms with Gasteiger partial charge in [-0.25, -0.2) is 0 Å². The number of halogens is 2. The Balaban J connectivity index is 1.78. The number of nitrogens with one attached hydrogen (secondary N) is 1. The molecule has 0 aliphatic rings. The fourth-order valence-corrected chi connectivity index (χ4v) is 2.69. The van der Waals surface area contributed by atoms with Crippen molar-refractivity contribution in [1.29, 1.82) is 0 Å². The summed E-state index contributed by atoms with van der Waals surface area (Å²) in [6.07, 6.45) is 0.111. The van der Waals surface area contributed by atoms with E-state index in [1.54, 1.807) is 6.07 Å². The zero-order chi connectivity index (χ0) is 18.9. The molecule has 1 heterocycles. The summed E-state index contributed by atoms with van der Waals surface area (Å²) in [6, 6.07) is 6.12. The second kappa shape index (κ2) is 9.71. The minimum atomic E-state index is -2.96. The summed E-state index contributed by atoms with van der Waals surface area (Å²) >= 11 is 1.47. The Hall–Kier alpha value is -2.68. The molecule has 2 aromatic rings. The maximum atomic E-state index is 12.3. The van der Waals surface area contributed by atoms with Gasteiger partial charge in [0.05, 0.1) is 13.5 Å². The molecule has 0 saturated carbocycles. The van der Waals surface area contributed by atoms with E-state index in [0.29, 0.717) is 5.56 Å². The van der Waals surface area contributed by atoms with Crippen LogP contribution in [0.3, 0.4) is 0 Å². The molecular weight excluding hydrogens is 368 g/mol. The number of alkyl halides is 2. The molecule has 0 fully saturated rings. The summed E-state index contributed by atoms with van der Waals surface area (Å²) in [5, 5.41) is 6.24. The second-order valence-corrected chi connectivity index (χ2v) is 5.89. The number of methoxy groups -OCH3 is 1. The predicted octanol–water partition coefficient (Wildman–Crippen LogP) is 2.76. The first-order valence-electron chi connectivity index (χ1n) is 7.53. The SMILES string of the molecule is COc1cc(CNC(=O)COC(=O)Cc2ccsc2)ccc1OC(F)F. The van der Waals surface area contributed by atoms with Crippen LogP contribution in [0, 0.1) is 0 Å². The topological polar surface area (TPSA) is 73.9 Å². The lowest BCUT2D eigenvalue weighted by atomic mass is 10.2. The third-order valence-electron chi connectivity index (χ3n) is 3.23. The lowest BCUT2D eigenvalue weighted by Gasteiger charge is -2.12. The lowest BCUT2D eigenvalue weighted by Crippen LogP contribution is -2.28. The molecule has 0 saturated heterocycles. The van der Waals surface area contributed by atoms with Crippen molar-refractivity contribution >= 4 is 23.2 Å². The van der Waals surface area contributed by atoms with E-state index >= 15 is 0 Å². The fourth-order valence-electron chi connectivity index (χ4n) is 2.02. The zero-order valence-electron chi connectivity index (χ0n) is 13.9. The highest BCUT2D eigenvalue weighted by Gasteiger charge is 2.12. The van der Waals surface area contributed by atoms with Gasteiger partial charge in [0.2, 0.25) is 0 Å². The molecule has 0 spiro atoms. The Morgan fingerprint density at radius 3 is 2.65 bits per heavy atom. The van der Waals surface area contributed by atoms with Gasteiger partial charge in [0, 0.05) is 6.54 Å². The molecule has 0 bridgehead atoms. The lowest BCUT2D eigenvalue weighted by molar-refractivity contribution is -0.147. The van der Waals surface area contributed by atoms with Crippen molar-refractivity contribution in [1.82, 2.24) is 5.32 Å². The third-order valence-corrected chi connectivity index (χ3v) is 3.96. The zero-order valence-corrected chi connectivity index (χ0v) is 14.7. The Kier molecular flexibility index (Phi) is 7.34. The molecule has 1 aromatic carbocycles. The number of esters is 1. The maximum Gasteiger partial charge on any atom is 0.387 e. The smallest absolute Gasteiger partial charge is 0.387 e. The fraction of sp³-hybridized carbons (Fsp3) is 0.294. The van der Waals surface area contributed by atoms with Crippen LogP contribution in [-0.2, 0) is 27.3 Å². The number of rotatable bonds is 9. The van der Waals surface area contributed by atoms with Crippen LogP contribution in [-0.4, -0.2) is 32.2 Å². The first kappa shape index (κ1) is 19.6. The van der Waals surface area contributed by atoms with Gasteiger partial charge in [0.1, 0.15) is 0 Å². The minimum absolute atomic E-state index is 0.0973. The predicted molar refractivity (Wildman–Crippen MR) is 90.5 cm³/mol. The van der Waals surface area contributed by atoms with Gasteiger partial charge in [-0.2, -0.15) is 20.1 Å². The van der Waals surface area contributed by atoms with Crippen molar-refractivity contribution < 1.29 is 32.6 Å². The van der Waals surface area contributed by atoms with Gasteiger partial charge in [0.25, 0.3) is 5.91 Å². The Morgan fingerprint density at radius 1 is 1.19 bits per heavy atom. The van der Waals surface area contributed by atoms with Crippen LogP contribution >= 0.6 is 11.3 Å². The average Bonchev–Trinajstić information content (AvgIpc) is 3.11. The van der Waals surface area contributed by atoms with Crippen molar-refractivity contribution in [3.63, 3.8) is 0 Å². The number of thiophene rings is 1. The van der Waals surface area contributed by atoms with E-state index in [-0.39, 0.29) is 24.5 Å². The number of hydrogen-bond acceptors (Lipinski definition) is 6. The minimum Gasteiger partial charge on any atom is -0.493 e. The standard InChI is InChI=1S/C17H17F2NO5S/c1-23-14-6-11(2-3-13(14)25-17(18)19)8-20-15(21)9-24-16(22)7-12-4-5-26-10-12/h2-6,10,17H,7-9H2,1H3,(H,20,21). The Labute approximate surface area is 152 Å². The molecule has 6 nitrogen and oxygen atoms in total. The van der Waals surface area contributed by atoms with Crippen molar-refractivity contribution in [2.24, 2.45) is 0 Å². The van der Waals surface area contributed by atoms with Crippen LogP contribution in [0.5, 0.6) is 11.5 Å². The maximum absolute atomic E-state index is 12.3. The summed E-state index contributed by atoms with van der Waals surface area (Å²) in [5.41, 5.74) is 1.44. The largest absolute Gasteiger partial charge is 0.493 e. The van der Waals surface area contributed by atoms with Gasteiger partial charge < -0.3 is 19.5 Å². The van der Waals surface area contributed by atoms with E-state index in [9.17, 15) is 18.4 Å². The molecule has 2 rings (SSSR count).